The highest BCUT2D eigenvalue weighted by Gasteiger charge is 2.31. The number of carbonyl (C=O) groups is 1. The minimum absolute atomic E-state index is 0.0347. The van der Waals surface area contributed by atoms with Crippen molar-refractivity contribution < 1.29 is 14.6 Å². The Kier molecular flexibility index (Phi) is 3.07. The Morgan fingerprint density at radius 1 is 1.53 bits per heavy atom. The third-order valence-corrected chi connectivity index (χ3v) is 2.76. The van der Waals surface area contributed by atoms with E-state index in [0.717, 1.165) is 17.7 Å². The molecule has 4 nitrogen and oxygen atoms in total. The van der Waals surface area contributed by atoms with Gasteiger partial charge in [0.2, 0.25) is 0 Å². The quantitative estimate of drug-likeness (QED) is 0.831. The molecule has 0 atom stereocenters. The Morgan fingerprint density at radius 3 is 3.00 bits per heavy atom. The van der Waals surface area contributed by atoms with E-state index >= 15 is 0 Å². The Bertz CT molecular complexity index is 440. The Hall–Kier alpha value is -1.55. The summed E-state index contributed by atoms with van der Waals surface area (Å²) < 4.78 is 5.90. The number of para-hydroxylation sites is 1. The van der Waals surface area contributed by atoms with Crippen LogP contribution in [-0.4, -0.2) is 23.2 Å². The predicted octanol–water partition coefficient (Wildman–Crippen LogP) is 1.57. The van der Waals surface area contributed by atoms with Crippen LogP contribution in [0.15, 0.2) is 18.2 Å². The zero-order valence-corrected chi connectivity index (χ0v) is 10.1. The van der Waals surface area contributed by atoms with Crippen molar-refractivity contribution in [3.05, 3.63) is 29.3 Å². The summed E-state index contributed by atoms with van der Waals surface area (Å²) in [4.78, 5) is 10.4. The lowest BCUT2D eigenvalue weighted by molar-refractivity contribution is -0.136. The molecule has 1 aliphatic rings. The summed E-state index contributed by atoms with van der Waals surface area (Å²) >= 11 is 0. The summed E-state index contributed by atoms with van der Waals surface area (Å²) in [5.74, 6) is 0.0641. The van der Waals surface area contributed by atoms with Crippen LogP contribution < -0.4 is 10.1 Å². The standard InChI is InChI=1S/C13H17NO3/c1-13(2)6-9-4-3-5-10(12(9)17-13)7-14-8-11(15)16/h3-5,14H,6-8H2,1-2H3,(H,15,16). The fraction of sp³-hybridized carbons (Fsp3) is 0.462. The van der Waals surface area contributed by atoms with E-state index in [1.54, 1.807) is 0 Å². The third-order valence-electron chi connectivity index (χ3n) is 2.76. The average Bonchev–Trinajstić information content (AvgIpc) is 2.52. The van der Waals surface area contributed by atoms with Crippen molar-refractivity contribution >= 4 is 5.97 Å². The molecule has 1 aliphatic heterocycles. The van der Waals surface area contributed by atoms with Crippen molar-refractivity contribution in [3.63, 3.8) is 0 Å². The van der Waals surface area contributed by atoms with Crippen LogP contribution in [0, 0.1) is 0 Å². The summed E-state index contributed by atoms with van der Waals surface area (Å²) in [7, 11) is 0. The van der Waals surface area contributed by atoms with E-state index in [1.165, 1.54) is 5.56 Å². The van der Waals surface area contributed by atoms with Gasteiger partial charge in [-0.15, -0.1) is 0 Å². The van der Waals surface area contributed by atoms with E-state index in [-0.39, 0.29) is 12.1 Å². The molecule has 0 aliphatic carbocycles. The molecule has 0 saturated heterocycles. The van der Waals surface area contributed by atoms with E-state index in [4.69, 9.17) is 9.84 Å². The minimum atomic E-state index is -0.848. The van der Waals surface area contributed by atoms with Gasteiger partial charge in [-0.2, -0.15) is 0 Å². The number of fused-ring (bicyclic) bond motifs is 1. The highest BCUT2D eigenvalue weighted by atomic mass is 16.5. The average molecular weight is 235 g/mol. The summed E-state index contributed by atoms with van der Waals surface area (Å²) in [5, 5.41) is 11.5. The van der Waals surface area contributed by atoms with Gasteiger partial charge in [-0.3, -0.25) is 4.79 Å². The lowest BCUT2D eigenvalue weighted by Gasteiger charge is -2.18. The number of nitrogens with one attached hydrogen (secondary N) is 1. The molecule has 0 fully saturated rings. The van der Waals surface area contributed by atoms with Crippen LogP contribution in [0.4, 0.5) is 0 Å². The van der Waals surface area contributed by atoms with Crippen LogP contribution in [0.3, 0.4) is 0 Å². The molecule has 4 heteroatoms. The van der Waals surface area contributed by atoms with Crippen molar-refractivity contribution in [3.8, 4) is 5.75 Å². The first-order valence-corrected chi connectivity index (χ1v) is 5.70. The summed E-state index contributed by atoms with van der Waals surface area (Å²) in [6.07, 6.45) is 0.898. The highest BCUT2D eigenvalue weighted by Crippen LogP contribution is 2.37. The van der Waals surface area contributed by atoms with Crippen LogP contribution in [0.1, 0.15) is 25.0 Å². The van der Waals surface area contributed by atoms with Gasteiger partial charge >= 0.3 is 5.97 Å². The topological polar surface area (TPSA) is 58.6 Å². The number of carboxylic acids is 1. The first-order chi connectivity index (χ1) is 7.98. The molecule has 92 valence electrons. The van der Waals surface area contributed by atoms with Crippen molar-refractivity contribution in [2.75, 3.05) is 6.54 Å². The molecule has 0 aromatic heterocycles. The zero-order chi connectivity index (χ0) is 12.5. The molecule has 0 radical (unpaired) electrons. The van der Waals surface area contributed by atoms with Crippen LogP contribution in [0.2, 0.25) is 0 Å². The SMILES string of the molecule is CC1(C)Cc2cccc(CNCC(=O)O)c2O1. The second kappa shape index (κ2) is 4.37. The Morgan fingerprint density at radius 2 is 2.29 bits per heavy atom. The number of ether oxygens (including phenoxy) is 1. The van der Waals surface area contributed by atoms with Gasteiger partial charge in [0.25, 0.3) is 0 Å². The Balaban J connectivity index is 2.10. The molecule has 17 heavy (non-hydrogen) atoms. The molecule has 1 aromatic carbocycles. The molecule has 0 spiro atoms. The maximum absolute atomic E-state index is 10.4. The third kappa shape index (κ3) is 2.77. The second-order valence-corrected chi connectivity index (χ2v) is 4.94. The molecule has 0 unspecified atom stereocenters. The molecular weight excluding hydrogens is 218 g/mol. The maximum atomic E-state index is 10.4. The molecule has 2 rings (SSSR count). The lowest BCUT2D eigenvalue weighted by Crippen LogP contribution is -2.25. The molecular formula is C13H17NO3. The van der Waals surface area contributed by atoms with Crippen LogP contribution >= 0.6 is 0 Å². The van der Waals surface area contributed by atoms with Gasteiger partial charge in [0.1, 0.15) is 11.4 Å². The van der Waals surface area contributed by atoms with E-state index in [2.05, 4.69) is 25.2 Å². The van der Waals surface area contributed by atoms with Gasteiger partial charge in [0.15, 0.2) is 0 Å². The first-order valence-electron chi connectivity index (χ1n) is 5.70. The van der Waals surface area contributed by atoms with Gasteiger partial charge in [0.05, 0.1) is 6.54 Å². The van der Waals surface area contributed by atoms with Crippen molar-refractivity contribution in [1.82, 2.24) is 5.32 Å². The fourth-order valence-electron chi connectivity index (χ4n) is 2.12. The first kappa shape index (κ1) is 11.9. The normalized spacial score (nSPS) is 16.4. The maximum Gasteiger partial charge on any atom is 0.317 e. The monoisotopic (exact) mass is 235 g/mol. The van der Waals surface area contributed by atoms with E-state index in [9.17, 15) is 4.79 Å². The highest BCUT2D eigenvalue weighted by molar-refractivity contribution is 5.69. The Labute approximate surface area is 101 Å². The molecule has 1 heterocycles. The van der Waals surface area contributed by atoms with E-state index < -0.39 is 5.97 Å². The molecule has 2 N–H and O–H groups in total. The second-order valence-electron chi connectivity index (χ2n) is 4.94. The summed E-state index contributed by atoms with van der Waals surface area (Å²) in [5.41, 5.74) is 2.06. The fourth-order valence-corrected chi connectivity index (χ4v) is 2.12. The van der Waals surface area contributed by atoms with Crippen LogP contribution in [-0.2, 0) is 17.8 Å². The van der Waals surface area contributed by atoms with E-state index in [0.29, 0.717) is 6.54 Å². The zero-order valence-electron chi connectivity index (χ0n) is 10.1. The molecule has 0 amide bonds. The number of aliphatic carboxylic acids is 1. The summed E-state index contributed by atoms with van der Waals surface area (Å²) in [6.45, 7) is 4.60. The van der Waals surface area contributed by atoms with E-state index in [1.807, 2.05) is 12.1 Å². The molecule has 0 saturated carbocycles. The van der Waals surface area contributed by atoms with Gasteiger partial charge in [-0.05, 0) is 19.4 Å². The van der Waals surface area contributed by atoms with Crippen molar-refractivity contribution in [2.45, 2.75) is 32.4 Å². The van der Waals surface area contributed by atoms with Gasteiger partial charge in [-0.1, -0.05) is 18.2 Å². The lowest BCUT2D eigenvalue weighted by atomic mass is 10.0. The van der Waals surface area contributed by atoms with Gasteiger partial charge in [-0.25, -0.2) is 0 Å². The van der Waals surface area contributed by atoms with Crippen LogP contribution in [0.5, 0.6) is 5.75 Å². The smallest absolute Gasteiger partial charge is 0.317 e. The predicted molar refractivity (Wildman–Crippen MR) is 64.2 cm³/mol. The van der Waals surface area contributed by atoms with Crippen LogP contribution in [0.25, 0.3) is 0 Å². The number of hydrogen-bond donors (Lipinski definition) is 2. The largest absolute Gasteiger partial charge is 0.487 e. The molecule has 0 bridgehead atoms. The number of benzene rings is 1. The van der Waals surface area contributed by atoms with Crippen molar-refractivity contribution in [2.24, 2.45) is 0 Å². The number of hydrogen-bond acceptors (Lipinski definition) is 3. The van der Waals surface area contributed by atoms with Gasteiger partial charge in [0, 0.05) is 18.5 Å². The number of rotatable bonds is 4. The van der Waals surface area contributed by atoms with Gasteiger partial charge < -0.3 is 15.2 Å². The summed E-state index contributed by atoms with van der Waals surface area (Å²) in [6, 6.07) is 6.02. The minimum Gasteiger partial charge on any atom is -0.487 e. The van der Waals surface area contributed by atoms with Crippen molar-refractivity contribution in [1.29, 1.82) is 0 Å². The number of carboxylic acid groups (broad SMARTS) is 1. The molecule has 1 aromatic rings.